The van der Waals surface area contributed by atoms with Crippen LogP contribution in [0.1, 0.15) is 52.5 Å². The maximum atomic E-state index is 12.3. The Morgan fingerprint density at radius 2 is 1.31 bits per heavy atom. The fourth-order valence-electron chi connectivity index (χ4n) is 2.56. The van der Waals surface area contributed by atoms with Crippen molar-refractivity contribution in [2.45, 2.75) is 53.1 Å². The van der Waals surface area contributed by atoms with Gasteiger partial charge < -0.3 is 24.1 Å². The van der Waals surface area contributed by atoms with Gasteiger partial charge in [-0.05, 0) is 51.7 Å². The topological polar surface area (TPSA) is 142 Å². The highest BCUT2D eigenvalue weighted by Crippen LogP contribution is 2.11. The van der Waals surface area contributed by atoms with Gasteiger partial charge >= 0.3 is 29.8 Å². The molecule has 0 amide bonds. The summed E-state index contributed by atoms with van der Waals surface area (Å²) in [5, 5.41) is 8.88. The molecule has 0 saturated heterocycles. The molecule has 10 heteroatoms. The summed E-state index contributed by atoms with van der Waals surface area (Å²) < 4.78 is 20.0. The van der Waals surface area contributed by atoms with Gasteiger partial charge in [0.2, 0.25) is 0 Å². The van der Waals surface area contributed by atoms with Gasteiger partial charge in [-0.25, -0.2) is 24.0 Å². The van der Waals surface area contributed by atoms with Crippen molar-refractivity contribution in [1.82, 2.24) is 0 Å². The van der Waals surface area contributed by atoms with E-state index in [9.17, 15) is 24.0 Å². The first-order valence-electron chi connectivity index (χ1n) is 13.1. The average Bonchev–Trinajstić information content (AvgIpc) is 2.96. The average molecular weight is 585 g/mol. The van der Waals surface area contributed by atoms with Crippen LogP contribution >= 0.6 is 0 Å². The van der Waals surface area contributed by atoms with E-state index in [1.165, 1.54) is 13.8 Å². The number of esters is 5. The van der Waals surface area contributed by atoms with E-state index in [0.717, 1.165) is 5.56 Å². The number of carbonyl (C=O) groups is 5. The van der Waals surface area contributed by atoms with E-state index in [-0.39, 0.29) is 48.5 Å². The van der Waals surface area contributed by atoms with Gasteiger partial charge in [0.05, 0.1) is 0 Å². The highest BCUT2D eigenvalue weighted by molar-refractivity contribution is 6.00. The highest BCUT2D eigenvalue weighted by atomic mass is 16.6. The molecule has 0 fully saturated rings. The van der Waals surface area contributed by atoms with Crippen molar-refractivity contribution in [3.05, 3.63) is 90.1 Å². The predicted molar refractivity (Wildman–Crippen MR) is 158 cm³/mol. The number of rotatable bonds is 15. The van der Waals surface area contributed by atoms with E-state index in [1.54, 1.807) is 19.9 Å². The first kappa shape index (κ1) is 37.4. The van der Waals surface area contributed by atoms with Crippen molar-refractivity contribution in [3.63, 3.8) is 0 Å². The van der Waals surface area contributed by atoms with E-state index in [1.807, 2.05) is 30.3 Å². The summed E-state index contributed by atoms with van der Waals surface area (Å²) in [6, 6.07) is 9.26. The summed E-state index contributed by atoms with van der Waals surface area (Å²) in [7, 11) is 0. The summed E-state index contributed by atoms with van der Waals surface area (Å²) in [4.78, 5) is 57.7. The number of hydrogen-bond donors (Lipinski definition) is 1. The van der Waals surface area contributed by atoms with Gasteiger partial charge in [-0.1, -0.05) is 63.6 Å². The van der Waals surface area contributed by atoms with Crippen LogP contribution in [-0.4, -0.2) is 60.9 Å². The minimum Gasteiger partial charge on any atom is -0.458 e. The number of ether oxygens (including phenoxy) is 4. The van der Waals surface area contributed by atoms with Crippen molar-refractivity contribution < 1.29 is 48.0 Å². The summed E-state index contributed by atoms with van der Waals surface area (Å²) >= 11 is 0. The van der Waals surface area contributed by atoms with E-state index < -0.39 is 36.0 Å². The Labute approximate surface area is 247 Å². The van der Waals surface area contributed by atoms with Crippen LogP contribution in [0.2, 0.25) is 0 Å². The Balaban J connectivity index is 0.00000129. The molecule has 0 aromatic heterocycles. The zero-order chi connectivity index (χ0) is 32.2. The predicted octanol–water partition coefficient (Wildman–Crippen LogP) is 4.59. The molecule has 0 bridgehead atoms. The van der Waals surface area contributed by atoms with E-state index in [2.05, 4.69) is 31.1 Å². The van der Waals surface area contributed by atoms with Crippen LogP contribution in [0.3, 0.4) is 0 Å². The second-order valence-corrected chi connectivity index (χ2v) is 9.09. The number of benzene rings is 1. The van der Waals surface area contributed by atoms with Crippen molar-refractivity contribution in [1.29, 1.82) is 0 Å². The molecule has 1 atom stereocenters. The van der Waals surface area contributed by atoms with Gasteiger partial charge in [-0.15, -0.1) is 0 Å². The van der Waals surface area contributed by atoms with Crippen LogP contribution in [0.15, 0.2) is 84.5 Å². The number of aliphatic hydroxyl groups is 1. The molecule has 0 heterocycles. The van der Waals surface area contributed by atoms with Gasteiger partial charge in [0.15, 0.2) is 6.10 Å². The zero-order valence-electron chi connectivity index (χ0n) is 24.7. The molecule has 1 unspecified atom stereocenters. The standard InChI is InChI=1S/C24H30O7.C8H10O3/c1-5-17(2)22(26)29-15-21(31-24(28)18(3)10-9-13-25)16-30-23(27)19(4)14-20-11-7-6-8-12-20;1-5(2)7(9)11-8(10)6(3)4/h6-8,11-12,14,21,25H,2-3,5,9-10,13,15-16H2,1,4H3;1,3H2,2,4H3. The zero-order valence-corrected chi connectivity index (χ0v) is 24.7. The third-order valence-electron chi connectivity index (χ3n) is 5.10. The normalized spacial score (nSPS) is 11.0. The Morgan fingerprint density at radius 3 is 1.79 bits per heavy atom. The molecule has 1 aromatic carbocycles. The van der Waals surface area contributed by atoms with Crippen LogP contribution in [0.25, 0.3) is 6.08 Å². The second-order valence-electron chi connectivity index (χ2n) is 9.09. The summed E-state index contributed by atoms with van der Waals surface area (Å²) in [6.45, 7) is 19.5. The fraction of sp³-hybridized carbons (Fsp3) is 0.344. The molecular weight excluding hydrogens is 544 g/mol. The van der Waals surface area contributed by atoms with Crippen LogP contribution in [0.5, 0.6) is 0 Å². The van der Waals surface area contributed by atoms with Crippen LogP contribution in [-0.2, 0) is 42.9 Å². The lowest BCUT2D eigenvalue weighted by Gasteiger charge is -2.19. The lowest BCUT2D eigenvalue weighted by atomic mass is 10.1. The first-order chi connectivity index (χ1) is 19.7. The largest absolute Gasteiger partial charge is 0.458 e. The van der Waals surface area contributed by atoms with Crippen LogP contribution < -0.4 is 0 Å². The quantitative estimate of drug-likeness (QED) is 0.135. The Bertz CT molecular complexity index is 1170. The molecule has 0 radical (unpaired) electrons. The smallest absolute Gasteiger partial charge is 0.340 e. The molecule has 228 valence electrons. The molecule has 1 aromatic rings. The van der Waals surface area contributed by atoms with Gasteiger partial charge in [0.1, 0.15) is 13.2 Å². The Hall–Kier alpha value is -4.57. The number of aliphatic hydroxyl groups excluding tert-OH is 1. The lowest BCUT2D eigenvalue weighted by molar-refractivity contribution is -0.161. The van der Waals surface area contributed by atoms with Crippen molar-refractivity contribution in [2.24, 2.45) is 0 Å². The number of hydrogen-bond acceptors (Lipinski definition) is 10. The molecule has 1 N–H and O–H groups in total. The summed E-state index contributed by atoms with van der Waals surface area (Å²) in [5.74, 6) is -3.34. The van der Waals surface area contributed by atoms with Gasteiger partial charge in [0.25, 0.3) is 0 Å². The monoisotopic (exact) mass is 584 g/mol. The molecular formula is C32H40O10. The van der Waals surface area contributed by atoms with E-state index >= 15 is 0 Å². The van der Waals surface area contributed by atoms with Crippen molar-refractivity contribution >= 4 is 35.9 Å². The highest BCUT2D eigenvalue weighted by Gasteiger charge is 2.22. The maximum Gasteiger partial charge on any atom is 0.340 e. The van der Waals surface area contributed by atoms with Gasteiger partial charge in [0, 0.05) is 34.5 Å². The summed E-state index contributed by atoms with van der Waals surface area (Å²) in [5.41, 5.74) is 2.03. The van der Waals surface area contributed by atoms with E-state index in [0.29, 0.717) is 18.4 Å². The molecule has 10 nitrogen and oxygen atoms in total. The molecule has 1 rings (SSSR count). The Morgan fingerprint density at radius 1 is 0.786 bits per heavy atom. The molecule has 0 saturated carbocycles. The van der Waals surface area contributed by atoms with E-state index in [4.69, 9.17) is 19.3 Å². The second kappa shape index (κ2) is 20.3. The van der Waals surface area contributed by atoms with Crippen LogP contribution in [0.4, 0.5) is 0 Å². The molecule has 42 heavy (non-hydrogen) atoms. The third kappa shape index (κ3) is 15.9. The Kier molecular flexibility index (Phi) is 18.1. The molecule has 0 aliphatic carbocycles. The maximum absolute atomic E-state index is 12.3. The first-order valence-corrected chi connectivity index (χ1v) is 13.1. The molecule has 0 aliphatic rings. The summed E-state index contributed by atoms with van der Waals surface area (Å²) in [6.07, 6.45) is 1.70. The minimum atomic E-state index is -1.01. The van der Waals surface area contributed by atoms with Gasteiger partial charge in [-0.3, -0.25) is 0 Å². The SMILES string of the molecule is C=C(C)C(=O)OC(=O)C(=C)C.C=C(CC)C(=O)OCC(COC(=O)C(C)=Cc1ccccc1)OC(=O)C(=C)CCCO. The van der Waals surface area contributed by atoms with Crippen molar-refractivity contribution in [3.8, 4) is 0 Å². The molecule has 0 aliphatic heterocycles. The van der Waals surface area contributed by atoms with Crippen LogP contribution in [0, 0.1) is 0 Å². The number of carbonyl (C=O) groups excluding carboxylic acids is 5. The van der Waals surface area contributed by atoms with Crippen molar-refractivity contribution in [2.75, 3.05) is 19.8 Å². The fourth-order valence-corrected chi connectivity index (χ4v) is 2.56. The third-order valence-corrected chi connectivity index (χ3v) is 5.10. The van der Waals surface area contributed by atoms with Gasteiger partial charge in [-0.2, -0.15) is 0 Å². The molecule has 0 spiro atoms. The minimum absolute atomic E-state index is 0.0862. The lowest BCUT2D eigenvalue weighted by Crippen LogP contribution is -2.31.